The van der Waals surface area contributed by atoms with Crippen molar-refractivity contribution in [1.82, 2.24) is 14.3 Å². The summed E-state index contributed by atoms with van der Waals surface area (Å²) >= 11 is 0. The predicted octanol–water partition coefficient (Wildman–Crippen LogP) is 1.13. The summed E-state index contributed by atoms with van der Waals surface area (Å²) in [6.07, 6.45) is 2.75. The van der Waals surface area contributed by atoms with Crippen molar-refractivity contribution in [3.8, 4) is 0 Å². The smallest absolute Gasteiger partial charge is 0.301 e. The lowest BCUT2D eigenvalue weighted by Gasteiger charge is -2.15. The van der Waals surface area contributed by atoms with Gasteiger partial charge in [-0.1, -0.05) is 0 Å². The number of hydrogen-bond acceptors (Lipinski definition) is 4. The molecule has 3 rings (SSSR count). The molecular formula is C15H15F2N6O3S+. The number of aromatic amines is 2. The molecule has 0 bridgehead atoms. The molecule has 0 saturated heterocycles. The number of aromatic nitrogens is 3. The maximum atomic E-state index is 14.6. The average molecular weight is 397 g/mol. The fraction of sp³-hybridized carbons (Fsp3) is 0.133. The number of carbonyl (C=O) groups excluding carboxylic acids is 1. The van der Waals surface area contributed by atoms with E-state index in [4.69, 9.17) is 0 Å². The number of pyridine rings is 1. The number of anilines is 2. The Morgan fingerprint density at radius 3 is 2.74 bits per heavy atom. The normalized spacial score (nSPS) is 11.7. The van der Waals surface area contributed by atoms with Crippen molar-refractivity contribution in [2.75, 3.05) is 24.1 Å². The molecule has 0 unspecified atom stereocenters. The molecule has 0 aliphatic heterocycles. The molecule has 12 heteroatoms. The van der Waals surface area contributed by atoms with E-state index in [-0.39, 0.29) is 5.56 Å². The van der Waals surface area contributed by atoms with Crippen LogP contribution in [0.2, 0.25) is 0 Å². The van der Waals surface area contributed by atoms with Gasteiger partial charge in [0.2, 0.25) is 0 Å². The standard InChI is InChI=1S/C15H14F2N6O3S/c1-23(2)27(25,26)22-10-4-3-9(16)13(12(10)17)21-15(24)8-5-11-14(18-6-8)20-7-19-11/h3-7,22H,1-2H3,(H,21,24)(H,18,19,20)/p+1. The maximum Gasteiger partial charge on any atom is 0.301 e. The molecule has 142 valence electrons. The fourth-order valence-electron chi connectivity index (χ4n) is 2.16. The number of nitrogens with zero attached hydrogens (tertiary/aromatic N) is 2. The highest BCUT2D eigenvalue weighted by atomic mass is 32.2. The van der Waals surface area contributed by atoms with Crippen LogP contribution in [0.3, 0.4) is 0 Å². The molecule has 1 aromatic carbocycles. The zero-order valence-electron chi connectivity index (χ0n) is 14.2. The Bertz CT molecular complexity index is 1130. The molecule has 0 radical (unpaired) electrons. The fourth-order valence-corrected chi connectivity index (χ4v) is 2.78. The summed E-state index contributed by atoms with van der Waals surface area (Å²) in [5.41, 5.74) is -0.207. The predicted molar refractivity (Wildman–Crippen MR) is 93.2 cm³/mol. The lowest BCUT2D eigenvalue weighted by molar-refractivity contribution is -0.347. The van der Waals surface area contributed by atoms with Gasteiger partial charge in [0.25, 0.3) is 11.6 Å². The molecule has 0 saturated carbocycles. The largest absolute Gasteiger partial charge is 0.317 e. The molecule has 0 spiro atoms. The van der Waals surface area contributed by atoms with Gasteiger partial charge >= 0.3 is 10.2 Å². The third-order valence-electron chi connectivity index (χ3n) is 3.64. The number of halogens is 2. The van der Waals surface area contributed by atoms with E-state index in [0.717, 1.165) is 16.4 Å². The Balaban J connectivity index is 1.91. The molecular weight excluding hydrogens is 382 g/mol. The van der Waals surface area contributed by atoms with E-state index >= 15 is 0 Å². The molecule has 0 atom stereocenters. The van der Waals surface area contributed by atoms with Crippen LogP contribution in [0, 0.1) is 11.6 Å². The summed E-state index contributed by atoms with van der Waals surface area (Å²) in [4.78, 5) is 22.0. The lowest BCUT2D eigenvalue weighted by Crippen LogP contribution is -2.29. The minimum atomic E-state index is -4.01. The van der Waals surface area contributed by atoms with E-state index in [0.29, 0.717) is 11.2 Å². The van der Waals surface area contributed by atoms with Gasteiger partial charge in [-0.05, 0) is 18.2 Å². The number of hydrogen-bond donors (Lipinski definition) is 3. The zero-order chi connectivity index (χ0) is 19.8. The lowest BCUT2D eigenvalue weighted by atomic mass is 10.2. The van der Waals surface area contributed by atoms with Gasteiger partial charge in [-0.15, -0.1) is 4.98 Å². The molecule has 0 aliphatic carbocycles. The first kappa shape index (κ1) is 18.7. The monoisotopic (exact) mass is 397 g/mol. The van der Waals surface area contributed by atoms with E-state index in [1.54, 1.807) is 0 Å². The van der Waals surface area contributed by atoms with Gasteiger partial charge in [0.1, 0.15) is 17.7 Å². The quantitative estimate of drug-likeness (QED) is 0.597. The highest BCUT2D eigenvalue weighted by Gasteiger charge is 2.22. The number of fused-ring (bicyclic) bond motifs is 1. The topological polar surface area (TPSA) is 121 Å². The van der Waals surface area contributed by atoms with Gasteiger partial charge in [0.05, 0.1) is 11.3 Å². The van der Waals surface area contributed by atoms with E-state index in [1.165, 1.54) is 32.7 Å². The van der Waals surface area contributed by atoms with Crippen molar-refractivity contribution in [3.63, 3.8) is 0 Å². The number of benzene rings is 1. The number of imidazole rings is 1. The van der Waals surface area contributed by atoms with Crippen LogP contribution in [0.15, 0.2) is 30.7 Å². The first-order valence-corrected chi connectivity index (χ1v) is 8.97. The summed E-state index contributed by atoms with van der Waals surface area (Å²) in [7, 11) is -1.52. The third-order valence-corrected chi connectivity index (χ3v) is 5.08. The Morgan fingerprint density at radius 2 is 2.04 bits per heavy atom. The van der Waals surface area contributed by atoms with Gasteiger partial charge in [0, 0.05) is 14.1 Å². The third kappa shape index (κ3) is 3.71. The number of carbonyl (C=O) groups is 1. The van der Waals surface area contributed by atoms with Crippen molar-refractivity contribution in [2.24, 2.45) is 0 Å². The molecule has 9 nitrogen and oxygen atoms in total. The second-order valence-electron chi connectivity index (χ2n) is 5.68. The van der Waals surface area contributed by atoms with Gasteiger partial charge in [-0.25, -0.2) is 13.8 Å². The summed E-state index contributed by atoms with van der Waals surface area (Å²) in [6.45, 7) is 0. The van der Waals surface area contributed by atoms with Crippen LogP contribution in [0.1, 0.15) is 10.4 Å². The van der Waals surface area contributed by atoms with Crippen LogP contribution in [0.25, 0.3) is 11.2 Å². The molecule has 0 fully saturated rings. The minimum Gasteiger partial charge on any atom is -0.317 e. The Hall–Kier alpha value is -3.12. The molecule has 2 aromatic heterocycles. The Labute approximate surface area is 152 Å². The van der Waals surface area contributed by atoms with Crippen molar-refractivity contribution in [2.45, 2.75) is 0 Å². The molecule has 4 N–H and O–H groups in total. The van der Waals surface area contributed by atoms with Gasteiger partial charge in [0.15, 0.2) is 17.7 Å². The first-order chi connectivity index (χ1) is 12.7. The number of amides is 1. The van der Waals surface area contributed by atoms with E-state index in [1.807, 2.05) is 4.72 Å². The number of nitrogens with one attached hydrogen (secondary N) is 4. The summed E-state index contributed by atoms with van der Waals surface area (Å²) in [6, 6.07) is 3.21. The van der Waals surface area contributed by atoms with E-state index < -0.39 is 39.1 Å². The van der Waals surface area contributed by atoms with Crippen molar-refractivity contribution >= 4 is 38.7 Å². The van der Waals surface area contributed by atoms with Crippen molar-refractivity contribution in [3.05, 3.63) is 47.9 Å². The van der Waals surface area contributed by atoms with Crippen LogP contribution in [-0.2, 0) is 10.2 Å². The number of rotatable bonds is 5. The van der Waals surface area contributed by atoms with Crippen molar-refractivity contribution in [1.29, 1.82) is 0 Å². The maximum absolute atomic E-state index is 14.6. The molecule has 2 heterocycles. The second-order valence-corrected chi connectivity index (χ2v) is 7.57. The van der Waals surface area contributed by atoms with Gasteiger partial charge < -0.3 is 5.32 Å². The van der Waals surface area contributed by atoms with Crippen LogP contribution < -0.4 is 15.0 Å². The highest BCUT2D eigenvalue weighted by molar-refractivity contribution is 7.90. The summed E-state index contributed by atoms with van der Waals surface area (Å²) < 4.78 is 55.1. The number of H-pyrrole nitrogens is 2. The van der Waals surface area contributed by atoms with Gasteiger partial charge in [-0.3, -0.25) is 14.5 Å². The first-order valence-electron chi connectivity index (χ1n) is 7.53. The van der Waals surface area contributed by atoms with Crippen LogP contribution in [0.5, 0.6) is 0 Å². The van der Waals surface area contributed by atoms with Crippen LogP contribution in [-0.4, -0.2) is 42.7 Å². The second kappa shape index (κ2) is 6.89. The summed E-state index contributed by atoms with van der Waals surface area (Å²) in [5.74, 6) is -3.13. The highest BCUT2D eigenvalue weighted by Crippen LogP contribution is 2.27. The molecule has 0 aliphatic rings. The van der Waals surface area contributed by atoms with Crippen LogP contribution in [0.4, 0.5) is 20.2 Å². The minimum absolute atomic E-state index is 0.0522. The molecule has 27 heavy (non-hydrogen) atoms. The summed E-state index contributed by atoms with van der Waals surface area (Å²) in [5, 5.41) is 2.11. The zero-order valence-corrected chi connectivity index (χ0v) is 15.0. The van der Waals surface area contributed by atoms with Gasteiger partial charge in [-0.2, -0.15) is 12.7 Å². The van der Waals surface area contributed by atoms with E-state index in [2.05, 4.69) is 20.3 Å². The van der Waals surface area contributed by atoms with Crippen LogP contribution >= 0.6 is 0 Å². The van der Waals surface area contributed by atoms with Crippen molar-refractivity contribution < 1.29 is 27.0 Å². The molecule has 1 amide bonds. The SMILES string of the molecule is CN(C)S(=O)(=O)Nc1ccc(F)c(NC(=O)c2cnc3[nH+]c[nH]c3c2)c1F. The molecule has 3 aromatic rings. The Kier molecular flexibility index (Phi) is 4.76. The Morgan fingerprint density at radius 1 is 1.30 bits per heavy atom. The van der Waals surface area contributed by atoms with E-state index in [9.17, 15) is 22.0 Å². The average Bonchev–Trinajstić information content (AvgIpc) is 3.08.